The Bertz CT molecular complexity index is 270. The predicted molar refractivity (Wildman–Crippen MR) is 70.3 cm³/mol. The van der Waals surface area contributed by atoms with Crippen LogP contribution in [-0.4, -0.2) is 31.6 Å². The third kappa shape index (κ3) is 9.30. The summed E-state index contributed by atoms with van der Waals surface area (Å²) in [5.74, 6) is -0.300. The van der Waals surface area contributed by atoms with E-state index in [-0.39, 0.29) is 18.9 Å². The van der Waals surface area contributed by atoms with E-state index >= 15 is 0 Å². The zero-order valence-electron chi connectivity index (χ0n) is 12.0. The average Bonchev–Trinajstić information content (AvgIpc) is 2.34. The third-order valence-corrected chi connectivity index (χ3v) is 2.58. The zero-order valence-corrected chi connectivity index (χ0v) is 12.0. The molecule has 112 valence electrons. The number of unbranched alkanes of at least 4 members (excludes halogenated alkanes) is 1. The lowest BCUT2D eigenvalue weighted by Gasteiger charge is -2.16. The highest BCUT2D eigenvalue weighted by molar-refractivity contribution is 5.70. The molecule has 0 aromatic carbocycles. The van der Waals surface area contributed by atoms with Crippen LogP contribution in [0.3, 0.4) is 0 Å². The van der Waals surface area contributed by atoms with Gasteiger partial charge in [-0.2, -0.15) is 0 Å². The van der Waals surface area contributed by atoms with Crippen LogP contribution in [0.1, 0.15) is 46.5 Å². The predicted octanol–water partition coefficient (Wildman–Crippen LogP) is 2.20. The van der Waals surface area contributed by atoms with Crippen LogP contribution in [0.4, 0.5) is 4.79 Å². The van der Waals surface area contributed by atoms with Crippen LogP contribution in [0.2, 0.25) is 0 Å². The van der Waals surface area contributed by atoms with Gasteiger partial charge in [0.2, 0.25) is 6.29 Å². The fraction of sp³-hybridized carbons (Fsp3) is 0.846. The van der Waals surface area contributed by atoms with E-state index in [0.717, 1.165) is 19.3 Å². The molecule has 0 heterocycles. The second-order valence-electron chi connectivity index (χ2n) is 4.31. The molecule has 0 amide bonds. The van der Waals surface area contributed by atoms with E-state index in [1.54, 1.807) is 6.92 Å². The maximum absolute atomic E-state index is 11.6. The first-order valence-corrected chi connectivity index (χ1v) is 6.76. The van der Waals surface area contributed by atoms with Gasteiger partial charge < -0.3 is 19.9 Å². The van der Waals surface area contributed by atoms with Gasteiger partial charge in [-0.1, -0.05) is 19.8 Å². The summed E-state index contributed by atoms with van der Waals surface area (Å²) in [6.07, 6.45) is 1.44. The molecule has 0 fully saturated rings. The van der Waals surface area contributed by atoms with Crippen molar-refractivity contribution in [3.63, 3.8) is 0 Å². The molecule has 0 aromatic heterocycles. The highest BCUT2D eigenvalue weighted by Crippen LogP contribution is 2.13. The van der Waals surface area contributed by atoms with E-state index in [0.29, 0.717) is 6.54 Å². The number of hydrogen-bond acceptors (Lipinski definition) is 6. The molecule has 0 spiro atoms. The summed E-state index contributed by atoms with van der Waals surface area (Å²) in [6, 6.07) is 0. The molecule has 2 atom stereocenters. The molecule has 0 saturated heterocycles. The van der Waals surface area contributed by atoms with E-state index in [1.165, 1.54) is 6.92 Å². The Hall–Kier alpha value is -1.30. The molecule has 2 unspecified atom stereocenters. The molecular weight excluding hydrogens is 250 g/mol. The Morgan fingerprint density at radius 3 is 2.42 bits per heavy atom. The lowest BCUT2D eigenvalue weighted by atomic mass is 9.99. The minimum Gasteiger partial charge on any atom is -0.435 e. The smallest absolute Gasteiger partial charge is 0.435 e. The molecule has 0 bridgehead atoms. The lowest BCUT2D eigenvalue weighted by Crippen LogP contribution is -2.25. The topological polar surface area (TPSA) is 87.9 Å². The van der Waals surface area contributed by atoms with E-state index in [9.17, 15) is 9.59 Å². The van der Waals surface area contributed by atoms with Gasteiger partial charge in [-0.15, -0.1) is 0 Å². The van der Waals surface area contributed by atoms with Gasteiger partial charge in [-0.05, 0) is 25.8 Å². The zero-order chi connectivity index (χ0) is 14.7. The number of carbonyl (C=O) groups is 2. The standard InChI is InChI=1S/C13H25NO5/c1-4-6-7-11(9-14)8-12(15)18-10(3)19-13(16)17-5-2/h10-11H,4-9,14H2,1-3H3. The molecule has 2 N–H and O–H groups in total. The first-order valence-electron chi connectivity index (χ1n) is 6.76. The van der Waals surface area contributed by atoms with Crippen LogP contribution >= 0.6 is 0 Å². The largest absolute Gasteiger partial charge is 0.511 e. The van der Waals surface area contributed by atoms with Crippen LogP contribution in [0.5, 0.6) is 0 Å². The van der Waals surface area contributed by atoms with Crippen LogP contribution in [-0.2, 0) is 19.0 Å². The van der Waals surface area contributed by atoms with Crippen LogP contribution in [0.25, 0.3) is 0 Å². The molecule has 0 aliphatic rings. The van der Waals surface area contributed by atoms with Gasteiger partial charge in [0, 0.05) is 13.3 Å². The van der Waals surface area contributed by atoms with Gasteiger partial charge in [-0.3, -0.25) is 4.79 Å². The van der Waals surface area contributed by atoms with Gasteiger partial charge in [0.1, 0.15) is 0 Å². The summed E-state index contributed by atoms with van der Waals surface area (Å²) in [5, 5.41) is 0. The van der Waals surface area contributed by atoms with Crippen molar-refractivity contribution in [3.8, 4) is 0 Å². The molecule has 0 aliphatic carbocycles. The first kappa shape index (κ1) is 17.7. The summed E-state index contributed by atoms with van der Waals surface area (Å²) < 4.78 is 14.3. The molecule has 0 radical (unpaired) electrons. The summed E-state index contributed by atoms with van der Waals surface area (Å²) >= 11 is 0. The monoisotopic (exact) mass is 275 g/mol. The fourth-order valence-electron chi connectivity index (χ4n) is 1.58. The van der Waals surface area contributed by atoms with Gasteiger partial charge in [0.05, 0.1) is 6.61 Å². The van der Waals surface area contributed by atoms with Crippen LogP contribution < -0.4 is 5.73 Å². The highest BCUT2D eigenvalue weighted by Gasteiger charge is 2.18. The van der Waals surface area contributed by atoms with Crippen LogP contribution in [0, 0.1) is 5.92 Å². The summed E-state index contributed by atoms with van der Waals surface area (Å²) in [4.78, 5) is 22.6. The minimum absolute atomic E-state index is 0.113. The summed E-state index contributed by atoms with van der Waals surface area (Å²) in [5.41, 5.74) is 5.60. The number of hydrogen-bond donors (Lipinski definition) is 1. The number of carbonyl (C=O) groups excluding carboxylic acids is 2. The molecule has 0 aliphatic heterocycles. The number of esters is 1. The van der Waals surface area contributed by atoms with Gasteiger partial charge in [0.15, 0.2) is 0 Å². The highest BCUT2D eigenvalue weighted by atomic mass is 16.8. The molecule has 0 saturated carbocycles. The van der Waals surface area contributed by atoms with Crippen LogP contribution in [0.15, 0.2) is 0 Å². The maximum Gasteiger partial charge on any atom is 0.511 e. The van der Waals surface area contributed by atoms with Crippen molar-refractivity contribution in [2.45, 2.75) is 52.7 Å². The van der Waals surface area contributed by atoms with Crippen molar-refractivity contribution in [1.29, 1.82) is 0 Å². The van der Waals surface area contributed by atoms with Gasteiger partial charge >= 0.3 is 12.1 Å². The Labute approximate surface area is 114 Å². The van der Waals surface area contributed by atoms with Crippen molar-refractivity contribution in [3.05, 3.63) is 0 Å². The van der Waals surface area contributed by atoms with Gasteiger partial charge in [0.25, 0.3) is 0 Å². The van der Waals surface area contributed by atoms with Gasteiger partial charge in [-0.25, -0.2) is 4.79 Å². The molecule has 0 aromatic rings. The number of rotatable bonds is 9. The summed E-state index contributed by atoms with van der Waals surface area (Å²) in [6.45, 7) is 5.88. The Morgan fingerprint density at radius 2 is 1.89 bits per heavy atom. The Kier molecular flexibility index (Phi) is 9.88. The number of nitrogens with two attached hydrogens (primary N) is 1. The third-order valence-electron chi connectivity index (χ3n) is 2.58. The van der Waals surface area contributed by atoms with E-state index in [1.807, 2.05) is 0 Å². The first-order chi connectivity index (χ1) is 9.03. The average molecular weight is 275 g/mol. The Morgan fingerprint density at radius 1 is 1.21 bits per heavy atom. The van der Waals surface area contributed by atoms with Crippen molar-refractivity contribution in [1.82, 2.24) is 0 Å². The minimum atomic E-state index is -0.948. The molecular formula is C13H25NO5. The van der Waals surface area contributed by atoms with Crippen molar-refractivity contribution in [2.24, 2.45) is 11.7 Å². The lowest BCUT2D eigenvalue weighted by molar-refractivity contribution is -0.168. The molecule has 6 nitrogen and oxygen atoms in total. The van der Waals surface area contributed by atoms with E-state index < -0.39 is 18.4 Å². The fourth-order valence-corrected chi connectivity index (χ4v) is 1.58. The molecule has 19 heavy (non-hydrogen) atoms. The SMILES string of the molecule is CCCCC(CN)CC(=O)OC(C)OC(=O)OCC. The normalized spacial score (nSPS) is 13.5. The van der Waals surface area contributed by atoms with E-state index in [2.05, 4.69) is 11.7 Å². The molecule has 0 rings (SSSR count). The van der Waals surface area contributed by atoms with Crippen molar-refractivity contribution in [2.75, 3.05) is 13.2 Å². The maximum atomic E-state index is 11.6. The van der Waals surface area contributed by atoms with Crippen molar-refractivity contribution < 1.29 is 23.8 Å². The number of ether oxygens (including phenoxy) is 3. The molecule has 6 heteroatoms. The van der Waals surface area contributed by atoms with Crippen molar-refractivity contribution >= 4 is 12.1 Å². The second kappa shape index (κ2) is 10.6. The van der Waals surface area contributed by atoms with E-state index in [4.69, 9.17) is 15.2 Å². The quantitative estimate of drug-likeness (QED) is 0.512. The second-order valence-corrected chi connectivity index (χ2v) is 4.31. The summed E-state index contributed by atoms with van der Waals surface area (Å²) in [7, 11) is 0. The Balaban J connectivity index is 3.97.